The summed E-state index contributed by atoms with van der Waals surface area (Å²) < 4.78 is 32.5. The fraction of sp³-hybridized carbons (Fsp3) is 0.385. The molecular formula is C26H24ClFN6O4. The summed E-state index contributed by atoms with van der Waals surface area (Å²) in [5, 5.41) is 21.6. The number of rotatable bonds is 5. The van der Waals surface area contributed by atoms with E-state index in [1.807, 2.05) is 19.1 Å². The number of fused-ring (bicyclic) bond motifs is 3. The summed E-state index contributed by atoms with van der Waals surface area (Å²) >= 11 is 6.55. The van der Waals surface area contributed by atoms with Gasteiger partial charge in [0.15, 0.2) is 11.8 Å². The molecule has 196 valence electrons. The van der Waals surface area contributed by atoms with Crippen molar-refractivity contribution in [3.63, 3.8) is 0 Å². The van der Waals surface area contributed by atoms with Crippen molar-refractivity contribution < 1.29 is 23.7 Å². The largest absolute Gasteiger partial charge is 0.456 e. The lowest BCUT2D eigenvalue weighted by molar-refractivity contribution is 0.00706. The second-order valence-corrected chi connectivity index (χ2v) is 10.3. The molecule has 5 heterocycles. The van der Waals surface area contributed by atoms with Crippen molar-refractivity contribution in [1.29, 1.82) is 0 Å². The number of aliphatic hydroxyl groups excluding tert-OH is 1. The summed E-state index contributed by atoms with van der Waals surface area (Å²) in [6.07, 6.45) is 1.24. The highest BCUT2D eigenvalue weighted by atomic mass is 35.5. The third kappa shape index (κ3) is 4.06. The number of aryl methyl sites for hydroxylation is 2. The molecule has 3 N–H and O–H groups in total. The molecule has 3 aliphatic rings. The molecular weight excluding hydrogens is 515 g/mol. The molecule has 0 radical (unpaired) electrons. The topological polar surface area (TPSA) is 127 Å². The van der Waals surface area contributed by atoms with Gasteiger partial charge in [-0.05, 0) is 49.1 Å². The number of anilines is 1. The number of nitrogens with one attached hydrogen (secondary N) is 2. The van der Waals surface area contributed by atoms with Gasteiger partial charge in [-0.15, -0.1) is 0 Å². The van der Waals surface area contributed by atoms with Gasteiger partial charge in [-0.2, -0.15) is 15.2 Å². The quantitative estimate of drug-likeness (QED) is 0.349. The van der Waals surface area contributed by atoms with Gasteiger partial charge in [0.25, 0.3) is 6.01 Å². The molecule has 1 aromatic carbocycles. The number of halogens is 2. The average Bonchev–Trinajstić information content (AvgIpc) is 3.66. The fourth-order valence-electron chi connectivity index (χ4n) is 5.56. The van der Waals surface area contributed by atoms with Crippen LogP contribution >= 0.6 is 11.6 Å². The molecule has 10 nitrogen and oxygen atoms in total. The van der Waals surface area contributed by atoms with Crippen LogP contribution in [-0.2, 0) is 15.9 Å². The Morgan fingerprint density at radius 3 is 2.87 bits per heavy atom. The van der Waals surface area contributed by atoms with Gasteiger partial charge < -0.3 is 29.6 Å². The Balaban J connectivity index is 1.12. The maximum Gasteiger partial charge on any atom is 0.296 e. The van der Waals surface area contributed by atoms with E-state index in [2.05, 4.69) is 30.5 Å². The number of pyridine rings is 1. The summed E-state index contributed by atoms with van der Waals surface area (Å²) in [6.45, 7) is 2.36. The number of aliphatic hydroxyl groups is 1. The Bertz CT molecular complexity index is 1550. The van der Waals surface area contributed by atoms with Gasteiger partial charge in [0.2, 0.25) is 0 Å². The Kier molecular flexibility index (Phi) is 5.69. The molecule has 4 aromatic rings. The van der Waals surface area contributed by atoms with E-state index in [-0.39, 0.29) is 37.2 Å². The van der Waals surface area contributed by atoms with Gasteiger partial charge in [0.1, 0.15) is 29.9 Å². The molecule has 2 aliphatic heterocycles. The lowest BCUT2D eigenvalue weighted by Crippen LogP contribution is -2.34. The number of hydrogen-bond acceptors (Lipinski definition) is 9. The molecule has 0 bridgehead atoms. The van der Waals surface area contributed by atoms with Crippen LogP contribution in [0.4, 0.5) is 10.2 Å². The van der Waals surface area contributed by atoms with E-state index in [1.54, 1.807) is 12.3 Å². The number of imidazole rings is 1. The molecule has 0 amide bonds. The van der Waals surface area contributed by atoms with E-state index in [1.165, 1.54) is 6.07 Å². The van der Waals surface area contributed by atoms with Crippen LogP contribution in [-0.4, -0.2) is 67.9 Å². The number of aromatic amines is 1. The third-order valence-electron chi connectivity index (χ3n) is 7.34. The van der Waals surface area contributed by atoms with Gasteiger partial charge in [0.05, 0.1) is 41.7 Å². The summed E-state index contributed by atoms with van der Waals surface area (Å²) in [7, 11) is 0. The number of nitrogens with zero attached hydrogens (tertiary/aromatic N) is 4. The normalized spacial score (nSPS) is 26.1. The van der Waals surface area contributed by atoms with E-state index in [9.17, 15) is 5.11 Å². The lowest BCUT2D eigenvalue weighted by Gasteiger charge is -2.17. The van der Waals surface area contributed by atoms with Crippen molar-refractivity contribution >= 4 is 28.6 Å². The Morgan fingerprint density at radius 1 is 1.13 bits per heavy atom. The maximum atomic E-state index is 15.4. The van der Waals surface area contributed by atoms with E-state index < -0.39 is 18.3 Å². The van der Waals surface area contributed by atoms with Crippen LogP contribution in [0.25, 0.3) is 22.3 Å². The van der Waals surface area contributed by atoms with Crippen LogP contribution in [0.2, 0.25) is 5.02 Å². The molecule has 0 spiro atoms. The van der Waals surface area contributed by atoms with Crippen molar-refractivity contribution in [2.45, 2.75) is 50.2 Å². The first-order valence-corrected chi connectivity index (χ1v) is 12.8. The van der Waals surface area contributed by atoms with Crippen LogP contribution in [0.5, 0.6) is 6.01 Å². The number of ether oxygens (including phenoxy) is 3. The van der Waals surface area contributed by atoms with E-state index in [0.717, 1.165) is 28.8 Å². The monoisotopic (exact) mass is 538 g/mol. The molecule has 7 rings (SSSR count). The highest BCUT2D eigenvalue weighted by molar-refractivity contribution is 6.33. The second kappa shape index (κ2) is 9.12. The van der Waals surface area contributed by atoms with Crippen LogP contribution in [0.15, 0.2) is 30.5 Å². The van der Waals surface area contributed by atoms with Gasteiger partial charge >= 0.3 is 0 Å². The lowest BCUT2D eigenvalue weighted by atomic mass is 10.00. The predicted octanol–water partition coefficient (Wildman–Crippen LogP) is 3.52. The van der Waals surface area contributed by atoms with Crippen molar-refractivity contribution in [1.82, 2.24) is 25.1 Å². The standard InChI is InChI=1S/C26H24ClFN6O4/c1-11-4-14(8-29-34-11)13-5-12-2-3-17(21(12)16(28)6-13)30-24-15(27)7-18-25(32-24)33-26(31-18)38-20-10-37-22-19(35)9-36-23(20)22/h4-8,17,19-20,22-23,35H,2-3,9-10H2,1H3,(H2,30,31,32,33)/t17-,19+,20+,22+,23+/m0/s1. The van der Waals surface area contributed by atoms with E-state index in [4.69, 9.17) is 25.8 Å². The highest BCUT2D eigenvalue weighted by Crippen LogP contribution is 2.39. The smallest absolute Gasteiger partial charge is 0.296 e. The molecule has 38 heavy (non-hydrogen) atoms. The Hall–Kier alpha value is -3.38. The number of aromatic nitrogens is 5. The Labute approximate surface area is 221 Å². The minimum absolute atomic E-state index is 0.217. The molecule has 12 heteroatoms. The number of benzene rings is 1. The predicted molar refractivity (Wildman–Crippen MR) is 136 cm³/mol. The number of hydrogen-bond donors (Lipinski definition) is 3. The summed E-state index contributed by atoms with van der Waals surface area (Å²) in [6, 6.07) is 7.12. The van der Waals surface area contributed by atoms with Crippen LogP contribution in [0.1, 0.15) is 29.3 Å². The summed E-state index contributed by atoms with van der Waals surface area (Å²) in [5.74, 6) is 0.130. The van der Waals surface area contributed by atoms with Crippen molar-refractivity contribution in [2.75, 3.05) is 18.5 Å². The SMILES string of the molecule is Cc1cc(-c2cc(F)c3c(c2)CC[C@@H]3Nc2nc3nc(O[C@@H]4CO[C@H]5[C@@H]4OC[C@H]5O)[nH]c3cc2Cl)cnn1. The molecule has 0 saturated carbocycles. The molecule has 0 unspecified atom stereocenters. The zero-order valence-electron chi connectivity index (χ0n) is 20.3. The highest BCUT2D eigenvalue weighted by Gasteiger charge is 2.48. The fourth-order valence-corrected chi connectivity index (χ4v) is 5.77. The first-order chi connectivity index (χ1) is 18.4. The van der Waals surface area contributed by atoms with Crippen LogP contribution in [0, 0.1) is 12.7 Å². The van der Waals surface area contributed by atoms with Crippen molar-refractivity contribution in [3.05, 3.63) is 58.1 Å². The maximum absolute atomic E-state index is 15.4. The van der Waals surface area contributed by atoms with Crippen LogP contribution in [0.3, 0.4) is 0 Å². The van der Waals surface area contributed by atoms with Gasteiger partial charge in [0, 0.05) is 11.1 Å². The van der Waals surface area contributed by atoms with Crippen molar-refractivity contribution in [3.8, 4) is 17.1 Å². The molecule has 2 saturated heterocycles. The van der Waals surface area contributed by atoms with Gasteiger partial charge in [-0.3, -0.25) is 0 Å². The summed E-state index contributed by atoms with van der Waals surface area (Å²) in [5.41, 5.74) is 4.95. The number of H-pyrrole nitrogens is 1. The van der Waals surface area contributed by atoms with E-state index >= 15 is 4.39 Å². The summed E-state index contributed by atoms with van der Waals surface area (Å²) in [4.78, 5) is 12.1. The Morgan fingerprint density at radius 2 is 2.00 bits per heavy atom. The molecule has 3 aromatic heterocycles. The van der Waals surface area contributed by atoms with Crippen molar-refractivity contribution in [2.24, 2.45) is 0 Å². The minimum atomic E-state index is -0.660. The third-order valence-corrected chi connectivity index (χ3v) is 7.62. The molecule has 2 fully saturated rings. The van der Waals surface area contributed by atoms with Gasteiger partial charge in [-0.1, -0.05) is 17.7 Å². The zero-order chi connectivity index (χ0) is 26.0. The molecule has 5 atom stereocenters. The van der Waals surface area contributed by atoms with Gasteiger partial charge in [-0.25, -0.2) is 9.37 Å². The molecule has 1 aliphatic carbocycles. The minimum Gasteiger partial charge on any atom is -0.456 e. The first kappa shape index (κ1) is 23.7. The van der Waals surface area contributed by atoms with Crippen LogP contribution < -0.4 is 10.1 Å². The zero-order valence-corrected chi connectivity index (χ0v) is 21.1. The second-order valence-electron chi connectivity index (χ2n) is 9.90. The average molecular weight is 539 g/mol. The first-order valence-electron chi connectivity index (χ1n) is 12.5. The van der Waals surface area contributed by atoms with E-state index in [0.29, 0.717) is 34.0 Å².